The molecule has 5 heteroatoms. The summed E-state index contributed by atoms with van der Waals surface area (Å²) in [6, 6.07) is 6.89. The SMILES string of the molecule is O=C(Cl)/C=N/Nc1ccc(Cl)cc1. The lowest BCUT2D eigenvalue weighted by Crippen LogP contribution is -1.92. The Labute approximate surface area is 85.3 Å². The van der Waals surface area contributed by atoms with E-state index in [4.69, 9.17) is 23.2 Å². The molecule has 0 saturated heterocycles. The molecule has 1 aromatic rings. The van der Waals surface area contributed by atoms with Crippen LogP contribution in [0.1, 0.15) is 0 Å². The third-order valence-electron chi connectivity index (χ3n) is 1.20. The van der Waals surface area contributed by atoms with Crippen molar-refractivity contribution in [1.82, 2.24) is 0 Å². The Hall–Kier alpha value is -1.06. The number of nitrogens with zero attached hydrogens (tertiary/aromatic N) is 1. The highest BCUT2D eigenvalue weighted by Crippen LogP contribution is 2.12. The predicted octanol–water partition coefficient (Wildman–Crippen LogP) is 2.50. The van der Waals surface area contributed by atoms with Crippen LogP contribution in [-0.4, -0.2) is 11.5 Å². The molecule has 1 rings (SSSR count). The zero-order valence-electron chi connectivity index (χ0n) is 6.50. The Morgan fingerprint density at radius 1 is 1.38 bits per heavy atom. The molecule has 1 aromatic carbocycles. The van der Waals surface area contributed by atoms with Gasteiger partial charge in [-0.15, -0.1) is 0 Å². The van der Waals surface area contributed by atoms with Crippen molar-refractivity contribution in [2.75, 3.05) is 5.43 Å². The van der Waals surface area contributed by atoms with Crippen LogP contribution in [0.2, 0.25) is 5.02 Å². The van der Waals surface area contributed by atoms with Crippen molar-refractivity contribution in [2.45, 2.75) is 0 Å². The summed E-state index contributed by atoms with van der Waals surface area (Å²) in [6.45, 7) is 0. The van der Waals surface area contributed by atoms with Crippen molar-refractivity contribution in [1.29, 1.82) is 0 Å². The van der Waals surface area contributed by atoms with E-state index in [0.29, 0.717) is 5.02 Å². The van der Waals surface area contributed by atoms with Gasteiger partial charge in [-0.2, -0.15) is 5.10 Å². The van der Waals surface area contributed by atoms with E-state index in [-0.39, 0.29) is 0 Å². The van der Waals surface area contributed by atoms with Gasteiger partial charge in [0.1, 0.15) is 6.21 Å². The van der Waals surface area contributed by atoms with Crippen molar-refractivity contribution >= 4 is 40.3 Å². The molecular weight excluding hydrogens is 211 g/mol. The van der Waals surface area contributed by atoms with E-state index in [1.165, 1.54) is 0 Å². The van der Waals surface area contributed by atoms with E-state index >= 15 is 0 Å². The third-order valence-corrected chi connectivity index (χ3v) is 1.55. The molecule has 0 bridgehead atoms. The second-order valence-corrected chi connectivity index (χ2v) is 2.99. The van der Waals surface area contributed by atoms with Gasteiger partial charge in [0.05, 0.1) is 5.69 Å². The first kappa shape index (κ1) is 10.0. The quantitative estimate of drug-likeness (QED) is 0.480. The molecule has 0 spiro atoms. The Kier molecular flexibility index (Phi) is 3.73. The summed E-state index contributed by atoms with van der Waals surface area (Å²) in [5.74, 6) is 0. The minimum atomic E-state index is -0.624. The summed E-state index contributed by atoms with van der Waals surface area (Å²) in [5, 5.41) is 3.59. The van der Waals surface area contributed by atoms with Gasteiger partial charge in [0.2, 0.25) is 0 Å². The Balaban J connectivity index is 2.55. The molecule has 0 aliphatic carbocycles. The molecule has 0 heterocycles. The highest BCUT2D eigenvalue weighted by Gasteiger charge is 1.90. The van der Waals surface area contributed by atoms with Gasteiger partial charge in [-0.1, -0.05) is 11.6 Å². The number of hydrazone groups is 1. The van der Waals surface area contributed by atoms with Crippen LogP contribution in [0.4, 0.5) is 5.69 Å². The van der Waals surface area contributed by atoms with E-state index in [9.17, 15) is 4.79 Å². The Morgan fingerprint density at radius 2 is 2.00 bits per heavy atom. The average Bonchev–Trinajstić information content (AvgIpc) is 2.08. The fraction of sp³-hybridized carbons (Fsp3) is 0. The highest BCUT2D eigenvalue weighted by molar-refractivity contribution is 6.78. The van der Waals surface area contributed by atoms with Crippen LogP contribution in [0.5, 0.6) is 0 Å². The molecule has 13 heavy (non-hydrogen) atoms. The lowest BCUT2D eigenvalue weighted by atomic mass is 10.3. The van der Waals surface area contributed by atoms with Crippen LogP contribution < -0.4 is 5.43 Å². The van der Waals surface area contributed by atoms with Crippen molar-refractivity contribution in [3.05, 3.63) is 29.3 Å². The maximum absolute atomic E-state index is 10.2. The number of hydrogen-bond acceptors (Lipinski definition) is 3. The molecular formula is C8H6Cl2N2O. The molecule has 0 atom stereocenters. The molecule has 0 aromatic heterocycles. The van der Waals surface area contributed by atoms with E-state index in [2.05, 4.69) is 10.5 Å². The number of benzene rings is 1. The number of carbonyl (C=O) groups excluding carboxylic acids is 1. The number of hydrogen-bond donors (Lipinski definition) is 1. The summed E-state index contributed by atoms with van der Waals surface area (Å²) in [7, 11) is 0. The minimum absolute atomic E-state index is 0.624. The summed E-state index contributed by atoms with van der Waals surface area (Å²) in [5.41, 5.74) is 3.34. The van der Waals surface area contributed by atoms with E-state index in [1.807, 2.05) is 0 Å². The van der Waals surface area contributed by atoms with Gasteiger partial charge in [-0.05, 0) is 35.9 Å². The van der Waals surface area contributed by atoms with Crippen LogP contribution in [-0.2, 0) is 4.79 Å². The first-order chi connectivity index (χ1) is 6.18. The predicted molar refractivity (Wildman–Crippen MR) is 54.4 cm³/mol. The molecule has 0 aliphatic rings. The van der Waals surface area contributed by atoms with E-state index < -0.39 is 5.24 Å². The standard InChI is InChI=1S/C8H6Cl2N2O/c9-6-1-3-7(4-2-6)12-11-5-8(10)13/h1-5,12H/b11-5+. The van der Waals surface area contributed by atoms with Gasteiger partial charge in [-0.25, -0.2) is 0 Å². The minimum Gasteiger partial charge on any atom is -0.278 e. The fourth-order valence-electron chi connectivity index (χ4n) is 0.682. The van der Waals surface area contributed by atoms with Gasteiger partial charge in [0.25, 0.3) is 5.24 Å². The van der Waals surface area contributed by atoms with Crippen LogP contribution >= 0.6 is 23.2 Å². The zero-order chi connectivity index (χ0) is 9.68. The zero-order valence-corrected chi connectivity index (χ0v) is 8.01. The number of nitrogens with one attached hydrogen (secondary N) is 1. The van der Waals surface area contributed by atoms with Gasteiger partial charge in [0, 0.05) is 5.02 Å². The summed E-state index contributed by atoms with van der Waals surface area (Å²) in [4.78, 5) is 10.2. The van der Waals surface area contributed by atoms with Gasteiger partial charge in [0.15, 0.2) is 0 Å². The topological polar surface area (TPSA) is 41.5 Å². The van der Waals surface area contributed by atoms with Gasteiger partial charge < -0.3 is 0 Å². The Morgan fingerprint density at radius 3 is 2.54 bits per heavy atom. The Bertz CT molecular complexity index is 321. The lowest BCUT2D eigenvalue weighted by Gasteiger charge is -1.97. The van der Waals surface area contributed by atoms with Crippen LogP contribution in [0.15, 0.2) is 29.4 Å². The summed E-state index contributed by atoms with van der Waals surface area (Å²) >= 11 is 10.7. The third kappa shape index (κ3) is 3.92. The van der Waals surface area contributed by atoms with Crippen LogP contribution in [0, 0.1) is 0 Å². The van der Waals surface area contributed by atoms with Gasteiger partial charge >= 0.3 is 0 Å². The molecule has 3 nitrogen and oxygen atoms in total. The molecule has 1 N–H and O–H groups in total. The maximum atomic E-state index is 10.2. The first-order valence-electron chi connectivity index (χ1n) is 3.42. The second kappa shape index (κ2) is 4.84. The first-order valence-corrected chi connectivity index (χ1v) is 4.18. The molecule has 0 fully saturated rings. The summed E-state index contributed by atoms with van der Waals surface area (Å²) < 4.78 is 0. The van der Waals surface area contributed by atoms with Crippen molar-refractivity contribution in [3.8, 4) is 0 Å². The number of carbonyl (C=O) groups is 1. The van der Waals surface area contributed by atoms with Gasteiger partial charge in [-0.3, -0.25) is 10.2 Å². The van der Waals surface area contributed by atoms with Crippen LogP contribution in [0.3, 0.4) is 0 Å². The number of halogens is 2. The van der Waals surface area contributed by atoms with Crippen molar-refractivity contribution < 1.29 is 4.79 Å². The molecule has 0 radical (unpaired) electrons. The van der Waals surface area contributed by atoms with E-state index in [1.54, 1.807) is 24.3 Å². The second-order valence-electron chi connectivity index (χ2n) is 2.18. The highest BCUT2D eigenvalue weighted by atomic mass is 35.5. The molecule has 68 valence electrons. The fourth-order valence-corrected chi connectivity index (χ4v) is 0.857. The smallest absolute Gasteiger partial charge is 0.265 e. The lowest BCUT2D eigenvalue weighted by molar-refractivity contribution is -0.105. The molecule has 0 aliphatic heterocycles. The summed E-state index contributed by atoms with van der Waals surface area (Å²) in [6.07, 6.45) is 0.982. The number of rotatable bonds is 3. The van der Waals surface area contributed by atoms with Crippen molar-refractivity contribution in [2.24, 2.45) is 5.10 Å². The number of anilines is 1. The largest absolute Gasteiger partial charge is 0.278 e. The average molecular weight is 217 g/mol. The molecule has 0 amide bonds. The molecule has 0 saturated carbocycles. The molecule has 0 unspecified atom stereocenters. The maximum Gasteiger partial charge on any atom is 0.265 e. The van der Waals surface area contributed by atoms with E-state index in [0.717, 1.165) is 11.9 Å². The normalized spacial score (nSPS) is 10.3. The van der Waals surface area contributed by atoms with Crippen LogP contribution in [0.25, 0.3) is 0 Å². The van der Waals surface area contributed by atoms with Crippen molar-refractivity contribution in [3.63, 3.8) is 0 Å². The monoisotopic (exact) mass is 216 g/mol.